The highest BCUT2D eigenvalue weighted by Crippen LogP contribution is 2.34. The number of benzene rings is 1. The number of carboxylic acids is 1. The van der Waals surface area contributed by atoms with E-state index >= 15 is 0 Å². The largest absolute Gasteiger partial charge is 0.496 e. The smallest absolute Gasteiger partial charge is 0.356 e. The first-order valence-corrected chi connectivity index (χ1v) is 6.50. The summed E-state index contributed by atoms with van der Waals surface area (Å²) in [6.45, 7) is 3.78. The minimum atomic E-state index is -1.11. The molecule has 1 aromatic heterocycles. The first kappa shape index (κ1) is 15.0. The topological polar surface area (TPSA) is 64.3 Å². The maximum absolute atomic E-state index is 14.0. The predicted molar refractivity (Wildman–Crippen MR) is 76.2 cm³/mol. The third-order valence-corrected chi connectivity index (χ3v) is 3.32. The molecule has 0 atom stereocenters. The van der Waals surface area contributed by atoms with Crippen LogP contribution in [0.2, 0.25) is 0 Å². The number of methoxy groups -OCH3 is 1. The average molecular weight is 292 g/mol. The highest BCUT2D eigenvalue weighted by Gasteiger charge is 2.19. The molecule has 0 aliphatic heterocycles. The van der Waals surface area contributed by atoms with Gasteiger partial charge in [-0.2, -0.15) is 5.10 Å². The summed E-state index contributed by atoms with van der Waals surface area (Å²) in [5, 5.41) is 12.9. The summed E-state index contributed by atoms with van der Waals surface area (Å²) in [6.07, 6.45) is 0. The second-order valence-electron chi connectivity index (χ2n) is 5.07. The SMILES string of the molecule is COc1cc(F)c(C(C)C)cc1-c1cc(C(=O)O)nn1C. The summed E-state index contributed by atoms with van der Waals surface area (Å²) in [5.74, 6) is -1.10. The lowest BCUT2D eigenvalue weighted by Crippen LogP contribution is -2.01. The zero-order chi connectivity index (χ0) is 15.7. The van der Waals surface area contributed by atoms with Gasteiger partial charge in [-0.1, -0.05) is 13.8 Å². The highest BCUT2D eigenvalue weighted by molar-refractivity contribution is 5.87. The second kappa shape index (κ2) is 5.55. The molecule has 0 aliphatic carbocycles. The van der Waals surface area contributed by atoms with Crippen LogP contribution in [0.15, 0.2) is 18.2 Å². The second-order valence-corrected chi connectivity index (χ2v) is 5.07. The zero-order valence-electron chi connectivity index (χ0n) is 12.3. The van der Waals surface area contributed by atoms with E-state index in [1.807, 2.05) is 13.8 Å². The van der Waals surface area contributed by atoms with Crippen molar-refractivity contribution in [2.24, 2.45) is 7.05 Å². The van der Waals surface area contributed by atoms with Crippen LogP contribution in [-0.2, 0) is 7.05 Å². The molecular weight excluding hydrogens is 275 g/mol. The van der Waals surface area contributed by atoms with Gasteiger partial charge in [0, 0.05) is 18.7 Å². The number of carbonyl (C=O) groups is 1. The first-order chi connectivity index (χ1) is 9.85. The van der Waals surface area contributed by atoms with Gasteiger partial charge < -0.3 is 9.84 Å². The molecule has 112 valence electrons. The molecule has 0 amide bonds. The first-order valence-electron chi connectivity index (χ1n) is 6.50. The molecule has 5 nitrogen and oxygen atoms in total. The van der Waals surface area contributed by atoms with Gasteiger partial charge >= 0.3 is 5.97 Å². The number of halogens is 1. The maximum atomic E-state index is 14.0. The minimum absolute atomic E-state index is 0.00169. The van der Waals surface area contributed by atoms with Gasteiger partial charge in [0.15, 0.2) is 5.69 Å². The van der Waals surface area contributed by atoms with Crippen LogP contribution in [0.1, 0.15) is 35.8 Å². The molecule has 0 saturated heterocycles. The van der Waals surface area contributed by atoms with E-state index in [1.54, 1.807) is 13.1 Å². The van der Waals surface area contributed by atoms with Gasteiger partial charge in [0.05, 0.1) is 12.8 Å². The van der Waals surface area contributed by atoms with Gasteiger partial charge in [0.1, 0.15) is 11.6 Å². The summed E-state index contributed by atoms with van der Waals surface area (Å²) in [5.41, 5.74) is 1.66. The summed E-state index contributed by atoms with van der Waals surface area (Å²) >= 11 is 0. The van der Waals surface area contributed by atoms with Crippen molar-refractivity contribution < 1.29 is 19.0 Å². The van der Waals surface area contributed by atoms with E-state index in [9.17, 15) is 9.18 Å². The fourth-order valence-electron chi connectivity index (χ4n) is 2.21. The van der Waals surface area contributed by atoms with E-state index < -0.39 is 5.97 Å². The number of aryl methyl sites for hydroxylation is 1. The quantitative estimate of drug-likeness (QED) is 0.940. The van der Waals surface area contributed by atoms with Crippen LogP contribution in [0.4, 0.5) is 4.39 Å². The monoisotopic (exact) mass is 292 g/mol. The molecule has 6 heteroatoms. The summed E-state index contributed by atoms with van der Waals surface area (Å²) in [4.78, 5) is 11.0. The fourth-order valence-corrected chi connectivity index (χ4v) is 2.21. The van der Waals surface area contributed by atoms with Crippen molar-refractivity contribution in [2.75, 3.05) is 7.11 Å². The van der Waals surface area contributed by atoms with Gasteiger partial charge in [-0.3, -0.25) is 4.68 Å². The Labute approximate surface area is 122 Å². The van der Waals surface area contributed by atoms with E-state index in [-0.39, 0.29) is 17.4 Å². The summed E-state index contributed by atoms with van der Waals surface area (Å²) in [7, 11) is 3.08. The molecule has 21 heavy (non-hydrogen) atoms. The fraction of sp³-hybridized carbons (Fsp3) is 0.333. The lowest BCUT2D eigenvalue weighted by Gasteiger charge is -2.14. The molecule has 0 bridgehead atoms. The average Bonchev–Trinajstić information content (AvgIpc) is 2.80. The van der Waals surface area contributed by atoms with Crippen LogP contribution in [0.5, 0.6) is 5.75 Å². The van der Waals surface area contributed by atoms with Gasteiger partial charge in [-0.25, -0.2) is 9.18 Å². The Morgan fingerprint density at radius 2 is 2.05 bits per heavy atom. The van der Waals surface area contributed by atoms with Crippen LogP contribution < -0.4 is 4.74 Å². The number of ether oxygens (including phenoxy) is 1. The Kier molecular flexibility index (Phi) is 3.97. The normalized spacial score (nSPS) is 11.0. The molecular formula is C15H17FN2O3. The van der Waals surface area contributed by atoms with Crippen LogP contribution >= 0.6 is 0 Å². The van der Waals surface area contributed by atoms with Gasteiger partial charge in [-0.05, 0) is 23.6 Å². The molecule has 0 aliphatic rings. The van der Waals surface area contributed by atoms with Gasteiger partial charge in [0.25, 0.3) is 0 Å². The van der Waals surface area contributed by atoms with E-state index in [4.69, 9.17) is 9.84 Å². The van der Waals surface area contributed by atoms with E-state index in [1.165, 1.54) is 23.9 Å². The molecule has 1 aromatic carbocycles. The van der Waals surface area contributed by atoms with E-state index in [2.05, 4.69) is 5.10 Å². The van der Waals surface area contributed by atoms with Crippen molar-refractivity contribution in [3.05, 3.63) is 35.3 Å². The predicted octanol–water partition coefficient (Wildman–Crippen LogP) is 3.06. The Balaban J connectivity index is 2.67. The standard InChI is InChI=1S/C15H17FN2O3/c1-8(2)9-5-10(14(21-4)6-11(9)16)13-7-12(15(19)20)17-18(13)3/h5-8H,1-4H3,(H,19,20). The van der Waals surface area contributed by atoms with E-state index in [0.717, 1.165) is 0 Å². The lowest BCUT2D eigenvalue weighted by atomic mass is 9.98. The Bertz CT molecular complexity index is 692. The van der Waals surface area contributed by atoms with Crippen molar-refractivity contribution in [2.45, 2.75) is 19.8 Å². The highest BCUT2D eigenvalue weighted by atomic mass is 19.1. The number of aromatic carboxylic acids is 1. The van der Waals surface area contributed by atoms with Crippen molar-refractivity contribution in [3.63, 3.8) is 0 Å². The van der Waals surface area contributed by atoms with Crippen molar-refractivity contribution >= 4 is 5.97 Å². The third kappa shape index (κ3) is 2.74. The Morgan fingerprint density at radius 1 is 1.38 bits per heavy atom. The number of hydrogen-bond donors (Lipinski definition) is 1. The van der Waals surface area contributed by atoms with Crippen LogP contribution in [0.25, 0.3) is 11.3 Å². The number of nitrogens with zero attached hydrogens (tertiary/aromatic N) is 2. The van der Waals surface area contributed by atoms with Crippen LogP contribution in [0, 0.1) is 5.82 Å². The molecule has 2 aromatic rings. The molecule has 0 spiro atoms. The van der Waals surface area contributed by atoms with E-state index in [0.29, 0.717) is 22.6 Å². The molecule has 0 radical (unpaired) electrons. The maximum Gasteiger partial charge on any atom is 0.356 e. The van der Waals surface area contributed by atoms with Crippen molar-refractivity contribution in [3.8, 4) is 17.0 Å². The summed E-state index contributed by atoms with van der Waals surface area (Å²) < 4.78 is 20.7. The number of carboxylic acid groups (broad SMARTS) is 1. The molecule has 1 heterocycles. The van der Waals surface area contributed by atoms with Crippen LogP contribution in [0.3, 0.4) is 0 Å². The van der Waals surface area contributed by atoms with Crippen molar-refractivity contribution in [1.29, 1.82) is 0 Å². The summed E-state index contributed by atoms with van der Waals surface area (Å²) in [6, 6.07) is 4.45. The number of rotatable bonds is 4. The molecule has 1 N–H and O–H groups in total. The Morgan fingerprint density at radius 3 is 2.52 bits per heavy atom. The third-order valence-electron chi connectivity index (χ3n) is 3.32. The Hall–Kier alpha value is -2.37. The molecule has 2 rings (SSSR count). The minimum Gasteiger partial charge on any atom is -0.496 e. The number of aromatic nitrogens is 2. The molecule has 0 unspecified atom stereocenters. The number of hydrogen-bond acceptors (Lipinski definition) is 3. The molecule has 0 fully saturated rings. The van der Waals surface area contributed by atoms with Crippen molar-refractivity contribution in [1.82, 2.24) is 9.78 Å². The van der Waals surface area contributed by atoms with Gasteiger partial charge in [-0.15, -0.1) is 0 Å². The lowest BCUT2D eigenvalue weighted by molar-refractivity contribution is 0.0689. The van der Waals surface area contributed by atoms with Crippen LogP contribution in [-0.4, -0.2) is 28.0 Å². The molecule has 0 saturated carbocycles. The zero-order valence-corrected chi connectivity index (χ0v) is 12.3. The van der Waals surface area contributed by atoms with Gasteiger partial charge in [0.2, 0.25) is 0 Å².